The summed E-state index contributed by atoms with van der Waals surface area (Å²) in [6.07, 6.45) is 3.11. The summed E-state index contributed by atoms with van der Waals surface area (Å²) in [4.78, 5) is 18.7. The molecule has 66 valence electrons. The van der Waals surface area contributed by atoms with E-state index in [-0.39, 0.29) is 6.42 Å². The van der Waals surface area contributed by atoms with E-state index >= 15 is 0 Å². The zero-order valence-corrected chi connectivity index (χ0v) is 6.30. The van der Waals surface area contributed by atoms with Crippen molar-refractivity contribution in [3.05, 3.63) is 12.7 Å². The molecule has 0 bridgehead atoms. The minimum absolute atomic E-state index is 0.202. The first-order valence-corrected chi connectivity index (χ1v) is 3.30. The molecule has 0 saturated carbocycles. The second kappa shape index (κ2) is 4.42. The summed E-state index contributed by atoms with van der Waals surface area (Å²) in [6.45, 7) is 0.431. The number of aryl methyl sites for hydroxylation is 1. The molecule has 1 heterocycles. The Hall–Kier alpha value is -1.47. The number of nitrogens with zero attached hydrogens (tertiary/aromatic N) is 3. The van der Waals surface area contributed by atoms with E-state index < -0.39 is 5.97 Å². The van der Waals surface area contributed by atoms with Gasteiger partial charge in [0.25, 0.3) is 0 Å². The quantitative estimate of drug-likeness (QED) is 0.427. The number of hydrogen-bond donors (Lipinski definition) is 2. The Morgan fingerprint density at radius 3 is 3.17 bits per heavy atom. The third-order valence-corrected chi connectivity index (χ3v) is 1.18. The van der Waals surface area contributed by atoms with Crippen LogP contribution in [0.1, 0.15) is 6.42 Å². The van der Waals surface area contributed by atoms with E-state index in [1.807, 2.05) is 0 Å². The van der Waals surface area contributed by atoms with Crippen molar-refractivity contribution in [1.29, 1.82) is 0 Å². The number of hydrazine groups is 1. The average Bonchev–Trinajstić information content (AvgIpc) is 2.53. The van der Waals surface area contributed by atoms with E-state index in [4.69, 9.17) is 5.84 Å². The molecule has 0 aliphatic carbocycles. The smallest absolute Gasteiger partial charge is 0.328 e. The van der Waals surface area contributed by atoms with Gasteiger partial charge in [-0.15, -0.1) is 0 Å². The average molecular weight is 171 g/mol. The van der Waals surface area contributed by atoms with Crippen LogP contribution in [-0.2, 0) is 16.2 Å². The maximum absolute atomic E-state index is 10.7. The fourth-order valence-corrected chi connectivity index (χ4v) is 0.671. The molecule has 3 N–H and O–H groups in total. The molecule has 1 aromatic rings. The molecule has 0 spiro atoms. The molecule has 0 atom stereocenters. The van der Waals surface area contributed by atoms with Crippen LogP contribution in [0.25, 0.3) is 0 Å². The Morgan fingerprint density at radius 2 is 2.58 bits per heavy atom. The SMILES string of the molecule is NNOC(=O)CCn1cncn1. The van der Waals surface area contributed by atoms with Crippen molar-refractivity contribution in [3.8, 4) is 0 Å². The summed E-state index contributed by atoms with van der Waals surface area (Å²) < 4.78 is 1.53. The van der Waals surface area contributed by atoms with Gasteiger partial charge in [-0.05, 0) is 0 Å². The first-order valence-electron chi connectivity index (χ1n) is 3.30. The molecule has 0 unspecified atom stereocenters. The zero-order valence-electron chi connectivity index (χ0n) is 6.30. The molecule has 0 fully saturated rings. The molecular formula is C5H9N5O2. The number of carbonyl (C=O) groups is 1. The van der Waals surface area contributed by atoms with Gasteiger partial charge in [-0.2, -0.15) is 5.10 Å². The van der Waals surface area contributed by atoms with Crippen LogP contribution >= 0.6 is 0 Å². The number of carbonyl (C=O) groups excluding carboxylic acids is 1. The highest BCUT2D eigenvalue weighted by Gasteiger charge is 2.01. The molecule has 7 heteroatoms. The summed E-state index contributed by atoms with van der Waals surface area (Å²) >= 11 is 0. The molecule has 0 aliphatic rings. The minimum atomic E-state index is -0.437. The van der Waals surface area contributed by atoms with Crippen LogP contribution in [0, 0.1) is 0 Å². The summed E-state index contributed by atoms with van der Waals surface area (Å²) in [7, 11) is 0. The van der Waals surface area contributed by atoms with Gasteiger partial charge in [0.15, 0.2) is 0 Å². The van der Waals surface area contributed by atoms with Crippen molar-refractivity contribution in [2.75, 3.05) is 0 Å². The van der Waals surface area contributed by atoms with Gasteiger partial charge in [0.1, 0.15) is 12.7 Å². The van der Waals surface area contributed by atoms with Crippen molar-refractivity contribution < 1.29 is 9.63 Å². The Bertz CT molecular complexity index is 234. The van der Waals surface area contributed by atoms with Gasteiger partial charge >= 0.3 is 5.97 Å². The van der Waals surface area contributed by atoms with Gasteiger partial charge < -0.3 is 4.84 Å². The van der Waals surface area contributed by atoms with Gasteiger partial charge in [-0.1, -0.05) is 5.59 Å². The number of aromatic nitrogens is 3. The lowest BCUT2D eigenvalue weighted by Gasteiger charge is -2.00. The standard InChI is InChI=1S/C5H9N5O2/c6-9-12-5(11)1-2-10-4-7-3-8-10/h3-4,9H,1-2,6H2. The van der Waals surface area contributed by atoms with Gasteiger partial charge in [-0.3, -0.25) is 9.48 Å². The van der Waals surface area contributed by atoms with Gasteiger partial charge in [0.05, 0.1) is 13.0 Å². The Balaban J connectivity index is 2.22. The minimum Gasteiger partial charge on any atom is -0.356 e. The van der Waals surface area contributed by atoms with Crippen LogP contribution in [0.2, 0.25) is 0 Å². The lowest BCUT2D eigenvalue weighted by molar-refractivity contribution is -0.151. The number of nitrogens with two attached hydrogens (primary N) is 1. The van der Waals surface area contributed by atoms with E-state index in [0.717, 1.165) is 0 Å². The molecule has 0 aromatic carbocycles. The first kappa shape index (κ1) is 8.62. The van der Waals surface area contributed by atoms with E-state index in [1.54, 1.807) is 5.59 Å². The fraction of sp³-hybridized carbons (Fsp3) is 0.400. The predicted molar refractivity (Wildman–Crippen MR) is 38.1 cm³/mol. The molecule has 0 aliphatic heterocycles. The van der Waals surface area contributed by atoms with Crippen molar-refractivity contribution in [1.82, 2.24) is 20.4 Å². The molecule has 0 amide bonds. The van der Waals surface area contributed by atoms with Crippen molar-refractivity contribution in [3.63, 3.8) is 0 Å². The highest BCUT2D eigenvalue weighted by Crippen LogP contribution is 1.88. The largest absolute Gasteiger partial charge is 0.356 e. The van der Waals surface area contributed by atoms with Gasteiger partial charge in [0, 0.05) is 0 Å². The second-order valence-electron chi connectivity index (χ2n) is 2.00. The first-order chi connectivity index (χ1) is 5.83. The van der Waals surface area contributed by atoms with E-state index in [1.165, 1.54) is 17.3 Å². The van der Waals surface area contributed by atoms with Crippen molar-refractivity contribution in [2.45, 2.75) is 13.0 Å². The third kappa shape index (κ3) is 2.64. The lowest BCUT2D eigenvalue weighted by atomic mass is 10.4. The lowest BCUT2D eigenvalue weighted by Crippen LogP contribution is -2.26. The summed E-state index contributed by atoms with van der Waals surface area (Å²) in [5.74, 6) is 4.31. The number of hydrogen-bond acceptors (Lipinski definition) is 6. The zero-order chi connectivity index (χ0) is 8.81. The Morgan fingerprint density at radius 1 is 1.75 bits per heavy atom. The Kier molecular flexibility index (Phi) is 3.17. The van der Waals surface area contributed by atoms with Crippen LogP contribution in [0.3, 0.4) is 0 Å². The van der Waals surface area contributed by atoms with Gasteiger partial charge in [-0.25, -0.2) is 10.8 Å². The van der Waals surface area contributed by atoms with Crippen molar-refractivity contribution >= 4 is 5.97 Å². The Labute approximate surface area is 68.4 Å². The van der Waals surface area contributed by atoms with Crippen LogP contribution in [0.15, 0.2) is 12.7 Å². The maximum atomic E-state index is 10.7. The van der Waals surface area contributed by atoms with Crippen LogP contribution in [0.5, 0.6) is 0 Å². The number of nitrogens with one attached hydrogen (secondary N) is 1. The predicted octanol–water partition coefficient (Wildman–Crippen LogP) is -1.41. The molecule has 0 radical (unpaired) electrons. The summed E-state index contributed by atoms with van der Waals surface area (Å²) in [5.41, 5.74) is 1.80. The molecule has 7 nitrogen and oxygen atoms in total. The van der Waals surface area contributed by atoms with Gasteiger partial charge in [0.2, 0.25) is 0 Å². The third-order valence-electron chi connectivity index (χ3n) is 1.18. The van der Waals surface area contributed by atoms with E-state index in [0.29, 0.717) is 6.54 Å². The molecule has 1 aromatic heterocycles. The highest BCUT2D eigenvalue weighted by molar-refractivity contribution is 5.68. The molecule has 1 rings (SSSR count). The fourth-order valence-electron chi connectivity index (χ4n) is 0.671. The molecule has 12 heavy (non-hydrogen) atoms. The maximum Gasteiger partial charge on any atom is 0.328 e. The summed E-state index contributed by atoms with van der Waals surface area (Å²) in [5, 5.41) is 3.79. The topological polar surface area (TPSA) is 95.1 Å². The normalized spacial score (nSPS) is 9.75. The van der Waals surface area contributed by atoms with E-state index in [2.05, 4.69) is 14.9 Å². The second-order valence-corrected chi connectivity index (χ2v) is 2.00. The summed E-state index contributed by atoms with van der Waals surface area (Å²) in [6, 6.07) is 0. The van der Waals surface area contributed by atoms with Crippen LogP contribution < -0.4 is 11.4 Å². The monoisotopic (exact) mass is 171 g/mol. The van der Waals surface area contributed by atoms with Crippen LogP contribution in [0.4, 0.5) is 0 Å². The number of rotatable bonds is 4. The van der Waals surface area contributed by atoms with Crippen LogP contribution in [-0.4, -0.2) is 20.7 Å². The van der Waals surface area contributed by atoms with Crippen molar-refractivity contribution in [2.24, 2.45) is 5.84 Å². The molecule has 0 saturated heterocycles. The van der Waals surface area contributed by atoms with E-state index in [9.17, 15) is 4.79 Å². The highest BCUT2D eigenvalue weighted by atomic mass is 16.7. The molecular weight excluding hydrogens is 162 g/mol.